The summed E-state index contributed by atoms with van der Waals surface area (Å²) in [4.78, 5) is 30.0. The third kappa shape index (κ3) is 9.12. The second kappa shape index (κ2) is 14.7. The van der Waals surface area contributed by atoms with E-state index in [4.69, 9.17) is 23.2 Å². The lowest BCUT2D eigenvalue weighted by molar-refractivity contribution is -0.140. The van der Waals surface area contributed by atoms with Gasteiger partial charge in [0.25, 0.3) is 10.0 Å². The minimum atomic E-state index is -4.26. The molecule has 2 amide bonds. The van der Waals surface area contributed by atoms with Gasteiger partial charge in [0, 0.05) is 18.5 Å². The van der Waals surface area contributed by atoms with Gasteiger partial charge in [0.2, 0.25) is 11.8 Å². The van der Waals surface area contributed by atoms with E-state index in [0.717, 1.165) is 26.6 Å². The highest BCUT2D eigenvalue weighted by molar-refractivity contribution is 7.92. The molecule has 0 fully saturated rings. The largest absolute Gasteiger partial charge is 0.350 e. The fourth-order valence-electron chi connectivity index (χ4n) is 4.90. The maximum atomic E-state index is 14.6. The summed E-state index contributed by atoms with van der Waals surface area (Å²) in [6.07, 6.45) is 0.220. The molecule has 0 saturated carbocycles. The summed E-state index contributed by atoms with van der Waals surface area (Å²) in [5, 5.41) is 3.41. The van der Waals surface area contributed by atoms with Crippen molar-refractivity contribution in [1.82, 2.24) is 10.2 Å². The molecule has 0 aliphatic carbocycles. The summed E-state index contributed by atoms with van der Waals surface area (Å²) in [6, 6.07) is 26.9. The molecule has 4 rings (SSSR count). The van der Waals surface area contributed by atoms with Crippen LogP contribution in [0.15, 0.2) is 102 Å². The number of hydrogen-bond donors (Lipinski definition) is 1. The van der Waals surface area contributed by atoms with E-state index in [0.29, 0.717) is 0 Å². The van der Waals surface area contributed by atoms with Crippen LogP contribution >= 0.6 is 23.2 Å². The number of nitrogens with one attached hydrogen (secondary N) is 1. The van der Waals surface area contributed by atoms with Gasteiger partial charge in [-0.05, 0) is 76.1 Å². The maximum Gasteiger partial charge on any atom is 0.264 e. The van der Waals surface area contributed by atoms with Gasteiger partial charge in [0.1, 0.15) is 12.6 Å². The molecule has 7 nitrogen and oxygen atoms in total. The first kappa shape index (κ1) is 35.0. The lowest BCUT2D eigenvalue weighted by atomic mass is 10.0. The number of aryl methyl sites for hydroxylation is 2. The molecule has 242 valence electrons. The van der Waals surface area contributed by atoms with Gasteiger partial charge in [-0.15, -0.1) is 0 Å². The Bertz CT molecular complexity index is 1770. The van der Waals surface area contributed by atoms with Crippen molar-refractivity contribution in [3.05, 3.63) is 129 Å². The van der Waals surface area contributed by atoms with Crippen LogP contribution in [0.2, 0.25) is 10.0 Å². The van der Waals surface area contributed by atoms with Crippen molar-refractivity contribution < 1.29 is 18.0 Å². The highest BCUT2D eigenvalue weighted by Gasteiger charge is 2.35. The predicted molar refractivity (Wildman–Crippen MR) is 186 cm³/mol. The Kier molecular flexibility index (Phi) is 11.2. The minimum Gasteiger partial charge on any atom is -0.350 e. The number of anilines is 1. The third-order valence-corrected chi connectivity index (χ3v) is 9.85. The van der Waals surface area contributed by atoms with Crippen molar-refractivity contribution in [3.63, 3.8) is 0 Å². The second-order valence-electron chi connectivity index (χ2n) is 12.4. The number of rotatable bonds is 11. The summed E-state index contributed by atoms with van der Waals surface area (Å²) in [6.45, 7) is 8.92. The molecule has 0 bridgehead atoms. The fourth-order valence-corrected chi connectivity index (χ4v) is 6.60. The Labute approximate surface area is 282 Å². The highest BCUT2D eigenvalue weighted by Crippen LogP contribution is 2.31. The van der Waals surface area contributed by atoms with Gasteiger partial charge in [0.15, 0.2) is 0 Å². The van der Waals surface area contributed by atoms with Crippen LogP contribution < -0.4 is 9.62 Å². The number of carbonyl (C=O) groups is 2. The van der Waals surface area contributed by atoms with Crippen LogP contribution in [0.3, 0.4) is 0 Å². The predicted octanol–water partition coefficient (Wildman–Crippen LogP) is 7.36. The molecular weight excluding hydrogens is 641 g/mol. The van der Waals surface area contributed by atoms with Crippen molar-refractivity contribution in [2.45, 2.75) is 64.1 Å². The number of sulfonamides is 1. The molecule has 10 heteroatoms. The topological polar surface area (TPSA) is 86.8 Å². The van der Waals surface area contributed by atoms with Gasteiger partial charge in [-0.25, -0.2) is 8.42 Å². The van der Waals surface area contributed by atoms with Crippen molar-refractivity contribution in [1.29, 1.82) is 0 Å². The van der Waals surface area contributed by atoms with Gasteiger partial charge in [-0.2, -0.15) is 0 Å². The smallest absolute Gasteiger partial charge is 0.264 e. The normalized spacial score (nSPS) is 12.3. The van der Waals surface area contributed by atoms with Crippen LogP contribution in [0, 0.1) is 13.8 Å². The zero-order chi connectivity index (χ0) is 33.6. The summed E-state index contributed by atoms with van der Waals surface area (Å²) < 4.78 is 29.4. The number of benzene rings is 4. The number of nitrogens with zero attached hydrogens (tertiary/aromatic N) is 2. The molecule has 1 unspecified atom stereocenters. The van der Waals surface area contributed by atoms with Gasteiger partial charge in [-0.3, -0.25) is 13.9 Å². The van der Waals surface area contributed by atoms with Crippen LogP contribution in [-0.4, -0.2) is 43.3 Å². The standard InChI is InChI=1S/C36H39Cl2N3O4S/c1-25-11-15-28(16-12-25)23-40(33(35(43)39-36(3,4)5)21-27-9-7-6-8-10-27)34(42)24-41(29-17-20-31(37)32(38)22-29)46(44,45)30-18-13-26(2)14-19-30/h6-20,22,33H,21,23-24H2,1-5H3,(H,39,43). The van der Waals surface area contributed by atoms with Gasteiger partial charge in [0.05, 0.1) is 20.6 Å². The van der Waals surface area contributed by atoms with Crippen molar-refractivity contribution in [3.8, 4) is 0 Å². The van der Waals surface area contributed by atoms with E-state index in [9.17, 15) is 18.0 Å². The lowest BCUT2D eigenvalue weighted by Crippen LogP contribution is -2.56. The Morgan fingerprint density at radius 2 is 1.37 bits per heavy atom. The van der Waals surface area contributed by atoms with Gasteiger partial charge < -0.3 is 10.2 Å². The summed E-state index contributed by atoms with van der Waals surface area (Å²) in [5.41, 5.74) is 3.16. The van der Waals surface area contributed by atoms with Crippen LogP contribution in [0.1, 0.15) is 43.0 Å². The summed E-state index contributed by atoms with van der Waals surface area (Å²) in [7, 11) is -4.26. The molecule has 0 aliphatic rings. The monoisotopic (exact) mass is 679 g/mol. The molecular formula is C36H39Cl2N3O4S. The quantitative estimate of drug-likeness (QED) is 0.179. The molecule has 1 N–H and O–H groups in total. The SMILES string of the molecule is Cc1ccc(CN(C(=O)CN(c2ccc(Cl)c(Cl)c2)S(=O)(=O)c2ccc(C)cc2)C(Cc2ccccc2)C(=O)NC(C)(C)C)cc1. The number of amides is 2. The minimum absolute atomic E-state index is 0.00775. The first-order valence-electron chi connectivity index (χ1n) is 14.9. The van der Waals surface area contributed by atoms with Crippen LogP contribution in [0.4, 0.5) is 5.69 Å². The molecule has 4 aromatic rings. The third-order valence-electron chi connectivity index (χ3n) is 7.32. The van der Waals surface area contributed by atoms with E-state index in [1.165, 1.54) is 35.2 Å². The van der Waals surface area contributed by atoms with Crippen LogP contribution in [-0.2, 0) is 32.6 Å². The van der Waals surface area contributed by atoms with E-state index >= 15 is 0 Å². The highest BCUT2D eigenvalue weighted by atomic mass is 35.5. The zero-order valence-corrected chi connectivity index (χ0v) is 29.0. The molecule has 0 radical (unpaired) electrons. The first-order chi connectivity index (χ1) is 21.6. The molecule has 46 heavy (non-hydrogen) atoms. The van der Waals surface area contributed by atoms with E-state index in [1.54, 1.807) is 12.1 Å². The van der Waals surface area contributed by atoms with E-state index < -0.39 is 34.1 Å². The van der Waals surface area contributed by atoms with Crippen LogP contribution in [0.5, 0.6) is 0 Å². The number of carbonyl (C=O) groups excluding carboxylic acids is 2. The molecule has 0 heterocycles. The van der Waals surface area contributed by atoms with Gasteiger partial charge >= 0.3 is 0 Å². The second-order valence-corrected chi connectivity index (χ2v) is 15.1. The summed E-state index contributed by atoms with van der Waals surface area (Å²) in [5.74, 6) is -0.911. The van der Waals surface area contributed by atoms with Crippen molar-refractivity contribution >= 4 is 50.7 Å². The molecule has 0 spiro atoms. The molecule has 0 aromatic heterocycles. The Morgan fingerprint density at radius 3 is 1.93 bits per heavy atom. The maximum absolute atomic E-state index is 14.6. The number of halogens is 2. The Hall–Kier alpha value is -3.85. The van der Waals surface area contributed by atoms with Crippen LogP contribution in [0.25, 0.3) is 0 Å². The first-order valence-corrected chi connectivity index (χ1v) is 17.1. The zero-order valence-electron chi connectivity index (χ0n) is 26.6. The molecule has 4 aromatic carbocycles. The molecule has 0 aliphatic heterocycles. The van der Waals surface area contributed by atoms with E-state index in [-0.39, 0.29) is 39.5 Å². The Balaban J connectivity index is 1.83. The summed E-state index contributed by atoms with van der Waals surface area (Å²) >= 11 is 12.5. The lowest BCUT2D eigenvalue weighted by Gasteiger charge is -2.35. The van der Waals surface area contributed by atoms with E-state index in [1.807, 2.05) is 89.2 Å². The van der Waals surface area contributed by atoms with Crippen molar-refractivity contribution in [2.75, 3.05) is 10.8 Å². The molecule has 0 saturated heterocycles. The Morgan fingerprint density at radius 1 is 0.783 bits per heavy atom. The fraction of sp³-hybridized carbons (Fsp3) is 0.278. The van der Waals surface area contributed by atoms with E-state index in [2.05, 4.69) is 5.32 Å². The van der Waals surface area contributed by atoms with Crippen molar-refractivity contribution in [2.24, 2.45) is 0 Å². The average Bonchev–Trinajstić information content (AvgIpc) is 2.99. The molecule has 1 atom stereocenters. The van der Waals surface area contributed by atoms with Gasteiger partial charge in [-0.1, -0.05) is 101 Å². The number of hydrogen-bond acceptors (Lipinski definition) is 4. The average molecular weight is 681 g/mol.